The molecule has 0 aliphatic heterocycles. The summed E-state index contributed by atoms with van der Waals surface area (Å²) in [5.74, 6) is 0.988. The van der Waals surface area contributed by atoms with Crippen molar-refractivity contribution in [3.8, 4) is 11.5 Å². The third-order valence-corrected chi connectivity index (χ3v) is 6.19. The number of aryl methyl sites for hydroxylation is 3. The molecule has 2 aromatic heterocycles. The van der Waals surface area contributed by atoms with Crippen LogP contribution in [0.25, 0.3) is 10.2 Å². The lowest BCUT2D eigenvalue weighted by Gasteiger charge is -2.19. The first kappa shape index (κ1) is 22.5. The molecule has 0 bridgehead atoms. The van der Waals surface area contributed by atoms with Crippen molar-refractivity contribution in [3.05, 3.63) is 45.7 Å². The normalized spacial score (nSPS) is 11.8. The third-order valence-electron chi connectivity index (χ3n) is 5.00. The van der Waals surface area contributed by atoms with Crippen molar-refractivity contribution in [2.24, 2.45) is 0 Å². The fourth-order valence-corrected chi connectivity index (χ4v) is 4.67. The van der Waals surface area contributed by atoms with Crippen molar-refractivity contribution in [1.82, 2.24) is 15.3 Å². The van der Waals surface area contributed by atoms with E-state index in [4.69, 9.17) is 14.2 Å². The van der Waals surface area contributed by atoms with Gasteiger partial charge in [-0.3, -0.25) is 9.59 Å². The van der Waals surface area contributed by atoms with Gasteiger partial charge in [0.15, 0.2) is 11.5 Å². The van der Waals surface area contributed by atoms with Gasteiger partial charge < -0.3 is 19.5 Å². The summed E-state index contributed by atoms with van der Waals surface area (Å²) >= 11 is 1.31. The summed E-state index contributed by atoms with van der Waals surface area (Å²) in [7, 11) is 4.39. The molecule has 1 N–H and O–H groups in total. The molecule has 0 aliphatic carbocycles. The predicted molar refractivity (Wildman–Crippen MR) is 118 cm³/mol. The molecule has 1 atom stereocenters. The molecule has 9 heteroatoms. The minimum Gasteiger partial charge on any atom is -0.493 e. The number of hydrogen-bond donors (Lipinski definition) is 1. The molecular weight excluding hydrogens is 418 g/mol. The molecule has 8 nitrogen and oxygen atoms in total. The van der Waals surface area contributed by atoms with E-state index >= 15 is 0 Å². The Morgan fingerprint density at radius 3 is 2.42 bits per heavy atom. The maximum absolute atomic E-state index is 13.2. The highest BCUT2D eigenvalue weighted by molar-refractivity contribution is 7.20. The highest BCUT2D eigenvalue weighted by Crippen LogP contribution is 2.33. The molecule has 3 aromatic rings. The van der Waals surface area contributed by atoms with Crippen molar-refractivity contribution in [1.29, 1.82) is 0 Å². The number of fused-ring (bicyclic) bond motifs is 1. The Kier molecular flexibility index (Phi) is 6.74. The minimum absolute atomic E-state index is 0.0282. The first-order valence-corrected chi connectivity index (χ1v) is 10.4. The molecule has 0 radical (unpaired) electrons. The zero-order valence-corrected chi connectivity index (χ0v) is 19.2. The van der Waals surface area contributed by atoms with Crippen LogP contribution in [0.3, 0.4) is 0 Å². The van der Waals surface area contributed by atoms with E-state index in [9.17, 15) is 9.59 Å². The number of esters is 1. The van der Waals surface area contributed by atoms with E-state index in [0.717, 1.165) is 21.5 Å². The van der Waals surface area contributed by atoms with Crippen LogP contribution < -0.4 is 14.8 Å². The highest BCUT2D eigenvalue weighted by Gasteiger charge is 2.24. The van der Waals surface area contributed by atoms with E-state index in [1.807, 2.05) is 20.8 Å². The Balaban J connectivity index is 1.98. The molecule has 2 heterocycles. The van der Waals surface area contributed by atoms with Crippen LogP contribution in [-0.2, 0) is 9.53 Å². The van der Waals surface area contributed by atoms with Gasteiger partial charge in [-0.15, -0.1) is 11.3 Å². The Hall–Kier alpha value is -3.20. The Morgan fingerprint density at radius 2 is 1.77 bits per heavy atom. The summed E-state index contributed by atoms with van der Waals surface area (Å²) in [6.45, 7) is 5.61. The van der Waals surface area contributed by atoms with Crippen molar-refractivity contribution in [3.63, 3.8) is 0 Å². The van der Waals surface area contributed by atoms with Gasteiger partial charge in [-0.2, -0.15) is 0 Å². The zero-order chi connectivity index (χ0) is 22.7. The van der Waals surface area contributed by atoms with Crippen LogP contribution in [0.5, 0.6) is 11.5 Å². The van der Waals surface area contributed by atoms with E-state index in [-0.39, 0.29) is 12.3 Å². The van der Waals surface area contributed by atoms with Gasteiger partial charge in [0.2, 0.25) is 0 Å². The molecule has 0 fully saturated rings. The molecule has 3 rings (SSSR count). The lowest BCUT2D eigenvalue weighted by molar-refractivity contribution is -0.141. The molecule has 0 saturated heterocycles. The minimum atomic E-state index is -0.613. The van der Waals surface area contributed by atoms with Gasteiger partial charge in [0.05, 0.1) is 38.7 Å². The van der Waals surface area contributed by atoms with E-state index < -0.39 is 12.0 Å². The number of methoxy groups -OCH3 is 3. The lowest BCUT2D eigenvalue weighted by Crippen LogP contribution is -2.30. The number of amides is 1. The van der Waals surface area contributed by atoms with Gasteiger partial charge in [0.25, 0.3) is 5.91 Å². The summed E-state index contributed by atoms with van der Waals surface area (Å²) in [6, 6.07) is 4.64. The number of hydrogen-bond acceptors (Lipinski definition) is 8. The maximum Gasteiger partial charge on any atom is 0.307 e. The summed E-state index contributed by atoms with van der Waals surface area (Å²) in [5, 5.41) is 3.85. The fraction of sp³-hybridized carbons (Fsp3) is 0.364. The SMILES string of the molecule is COC(=O)CC(NC(=O)c1sc2nc(C)nc(C)c2c1C)c1ccc(OC)c(OC)c1. The monoisotopic (exact) mass is 443 g/mol. The fourth-order valence-electron chi connectivity index (χ4n) is 3.49. The van der Waals surface area contributed by atoms with E-state index in [2.05, 4.69) is 15.3 Å². The molecule has 1 amide bonds. The average Bonchev–Trinajstić information content (AvgIpc) is 3.08. The van der Waals surface area contributed by atoms with Gasteiger partial charge >= 0.3 is 5.97 Å². The van der Waals surface area contributed by atoms with E-state index in [0.29, 0.717) is 27.8 Å². The Morgan fingerprint density at radius 1 is 1.06 bits per heavy atom. The van der Waals surface area contributed by atoms with Gasteiger partial charge in [-0.25, -0.2) is 9.97 Å². The molecular formula is C22H25N3O5S. The van der Waals surface area contributed by atoms with Crippen molar-refractivity contribution in [2.75, 3.05) is 21.3 Å². The van der Waals surface area contributed by atoms with E-state index in [1.54, 1.807) is 25.3 Å². The molecule has 1 unspecified atom stereocenters. The second kappa shape index (κ2) is 9.30. The first-order chi connectivity index (χ1) is 14.8. The van der Waals surface area contributed by atoms with Crippen molar-refractivity contribution < 1.29 is 23.8 Å². The first-order valence-electron chi connectivity index (χ1n) is 9.63. The second-order valence-electron chi connectivity index (χ2n) is 7.01. The van der Waals surface area contributed by atoms with Crippen LogP contribution in [0, 0.1) is 20.8 Å². The number of nitrogens with zero attached hydrogens (tertiary/aromatic N) is 2. The van der Waals surface area contributed by atoms with Gasteiger partial charge in [0.1, 0.15) is 10.7 Å². The van der Waals surface area contributed by atoms with Gasteiger partial charge in [-0.1, -0.05) is 6.07 Å². The molecule has 0 saturated carbocycles. The summed E-state index contributed by atoms with van der Waals surface area (Å²) < 4.78 is 15.5. The predicted octanol–water partition coefficient (Wildman–Crippen LogP) is 3.67. The quantitative estimate of drug-likeness (QED) is 0.556. The smallest absolute Gasteiger partial charge is 0.307 e. The van der Waals surface area contributed by atoms with Crippen LogP contribution in [0.15, 0.2) is 18.2 Å². The standard InChI is InChI=1S/C22H25N3O5S/c1-11-19-12(2)23-13(3)24-22(19)31-20(11)21(27)25-15(10-18(26)30-6)14-7-8-16(28-4)17(9-14)29-5/h7-9,15H,10H2,1-6H3,(H,25,27). The topological polar surface area (TPSA) is 99.6 Å². The highest BCUT2D eigenvalue weighted by atomic mass is 32.1. The summed E-state index contributed by atoms with van der Waals surface area (Å²) in [6.07, 6.45) is -0.0282. The molecule has 0 spiro atoms. The molecule has 164 valence electrons. The van der Waals surface area contributed by atoms with Crippen LogP contribution in [0.1, 0.15) is 44.8 Å². The van der Waals surface area contributed by atoms with Crippen LogP contribution in [0.4, 0.5) is 0 Å². The molecule has 0 aliphatic rings. The second-order valence-corrected chi connectivity index (χ2v) is 8.01. The lowest BCUT2D eigenvalue weighted by atomic mass is 10.0. The van der Waals surface area contributed by atoms with Crippen LogP contribution in [0.2, 0.25) is 0 Å². The summed E-state index contributed by atoms with van der Waals surface area (Å²) in [4.78, 5) is 35.4. The number of aromatic nitrogens is 2. The maximum atomic E-state index is 13.2. The van der Waals surface area contributed by atoms with Crippen molar-refractivity contribution in [2.45, 2.75) is 33.2 Å². The van der Waals surface area contributed by atoms with Gasteiger partial charge in [-0.05, 0) is 44.0 Å². The number of rotatable bonds is 7. The number of nitrogens with one attached hydrogen (secondary N) is 1. The Labute approximate surface area is 184 Å². The van der Waals surface area contributed by atoms with Crippen molar-refractivity contribution >= 4 is 33.4 Å². The van der Waals surface area contributed by atoms with Crippen LogP contribution >= 0.6 is 11.3 Å². The average molecular weight is 444 g/mol. The number of benzene rings is 1. The zero-order valence-electron chi connectivity index (χ0n) is 18.4. The Bertz CT molecular complexity index is 1140. The largest absolute Gasteiger partial charge is 0.493 e. The molecule has 1 aromatic carbocycles. The number of carbonyl (C=O) groups is 2. The van der Waals surface area contributed by atoms with Crippen LogP contribution in [-0.4, -0.2) is 43.2 Å². The third kappa shape index (κ3) is 4.61. The molecule has 31 heavy (non-hydrogen) atoms. The number of ether oxygens (including phenoxy) is 3. The number of thiophene rings is 1. The summed E-state index contributed by atoms with van der Waals surface area (Å²) in [5.41, 5.74) is 2.35. The van der Waals surface area contributed by atoms with E-state index in [1.165, 1.54) is 25.6 Å². The number of carbonyl (C=O) groups excluding carboxylic acids is 2. The van der Waals surface area contributed by atoms with Gasteiger partial charge in [0, 0.05) is 11.1 Å².